The molecule has 0 atom stereocenters. The molecule has 0 radical (unpaired) electrons. The molecule has 1 heterocycles. The summed E-state index contributed by atoms with van der Waals surface area (Å²) in [6.45, 7) is 2.07. The van der Waals surface area contributed by atoms with Gasteiger partial charge in [0.05, 0.1) is 11.4 Å². The van der Waals surface area contributed by atoms with Crippen LogP contribution in [-0.4, -0.2) is 18.7 Å². The molecule has 0 aromatic heterocycles. The average Bonchev–Trinajstić information content (AvgIpc) is 2.12. The summed E-state index contributed by atoms with van der Waals surface area (Å²) in [7, 11) is 1.83. The number of nitrogens with zero attached hydrogens (tertiary/aromatic N) is 1. The van der Waals surface area contributed by atoms with E-state index in [-0.39, 0.29) is 5.91 Å². The number of carbonyl (C=O) groups is 1. The average molecular weight is 193 g/mol. The second-order valence-electron chi connectivity index (χ2n) is 3.21. The smallest absolute Gasteiger partial charge is 0.237 e. The van der Waals surface area contributed by atoms with Crippen molar-refractivity contribution < 1.29 is 4.79 Å². The van der Waals surface area contributed by atoms with Crippen LogP contribution in [0.25, 0.3) is 0 Å². The Bertz CT molecular complexity index is 362. The van der Waals surface area contributed by atoms with Crippen LogP contribution < -0.4 is 4.90 Å². The van der Waals surface area contributed by atoms with Gasteiger partial charge in [-0.2, -0.15) is 0 Å². The standard InChI is InChI=1S/C10H11NOS/c1-7-3-4-8-9(5-7)13-6-10(12)11(8)2/h3-5H,6H2,1-2H3. The van der Waals surface area contributed by atoms with E-state index in [0.717, 1.165) is 5.69 Å². The zero-order valence-electron chi connectivity index (χ0n) is 7.70. The number of hydrogen-bond donors (Lipinski definition) is 0. The normalized spacial score (nSPS) is 15.8. The zero-order chi connectivity index (χ0) is 9.42. The van der Waals surface area contributed by atoms with Crippen molar-refractivity contribution in [2.24, 2.45) is 0 Å². The minimum Gasteiger partial charge on any atom is -0.314 e. The van der Waals surface area contributed by atoms with Crippen LogP contribution in [0.2, 0.25) is 0 Å². The number of anilines is 1. The Morgan fingerprint density at radius 2 is 2.23 bits per heavy atom. The van der Waals surface area contributed by atoms with Gasteiger partial charge in [0.25, 0.3) is 0 Å². The van der Waals surface area contributed by atoms with E-state index < -0.39 is 0 Å². The summed E-state index contributed by atoms with van der Waals surface area (Å²) in [5.41, 5.74) is 2.28. The molecule has 1 aliphatic rings. The molecule has 68 valence electrons. The molecule has 0 fully saturated rings. The lowest BCUT2D eigenvalue weighted by Gasteiger charge is -2.25. The van der Waals surface area contributed by atoms with E-state index in [4.69, 9.17) is 0 Å². The summed E-state index contributed by atoms with van der Waals surface area (Å²) in [6.07, 6.45) is 0. The highest BCUT2D eigenvalue weighted by Crippen LogP contribution is 2.34. The molecule has 1 aromatic carbocycles. The lowest BCUT2D eigenvalue weighted by atomic mass is 10.2. The van der Waals surface area contributed by atoms with Crippen molar-refractivity contribution in [2.75, 3.05) is 17.7 Å². The Morgan fingerprint density at radius 1 is 1.46 bits per heavy atom. The predicted molar refractivity (Wildman–Crippen MR) is 55.3 cm³/mol. The van der Waals surface area contributed by atoms with E-state index in [1.54, 1.807) is 16.7 Å². The van der Waals surface area contributed by atoms with Crippen LogP contribution in [0.15, 0.2) is 23.1 Å². The largest absolute Gasteiger partial charge is 0.314 e. The van der Waals surface area contributed by atoms with Crippen molar-refractivity contribution in [2.45, 2.75) is 11.8 Å². The van der Waals surface area contributed by atoms with Crippen molar-refractivity contribution in [3.8, 4) is 0 Å². The summed E-state index contributed by atoms with van der Waals surface area (Å²) in [5.74, 6) is 0.744. The minimum atomic E-state index is 0.182. The summed E-state index contributed by atoms with van der Waals surface area (Å²) in [6, 6.07) is 6.17. The topological polar surface area (TPSA) is 20.3 Å². The molecule has 0 spiro atoms. The van der Waals surface area contributed by atoms with Gasteiger partial charge in [-0.3, -0.25) is 4.79 Å². The van der Waals surface area contributed by atoms with Crippen molar-refractivity contribution >= 4 is 23.4 Å². The van der Waals surface area contributed by atoms with E-state index in [9.17, 15) is 4.79 Å². The van der Waals surface area contributed by atoms with Gasteiger partial charge in [-0.05, 0) is 24.6 Å². The number of carbonyl (C=O) groups excluding carboxylic acids is 1. The maximum Gasteiger partial charge on any atom is 0.237 e. The quantitative estimate of drug-likeness (QED) is 0.628. The number of benzene rings is 1. The number of hydrogen-bond acceptors (Lipinski definition) is 2. The highest BCUT2D eigenvalue weighted by atomic mass is 32.2. The number of thioether (sulfide) groups is 1. The lowest BCUT2D eigenvalue weighted by Crippen LogP contribution is -2.31. The fourth-order valence-corrected chi connectivity index (χ4v) is 2.48. The van der Waals surface area contributed by atoms with Crippen LogP contribution in [0.4, 0.5) is 5.69 Å². The molecule has 2 nitrogen and oxygen atoms in total. The Balaban J connectivity index is 2.49. The van der Waals surface area contributed by atoms with Crippen LogP contribution in [0.1, 0.15) is 5.56 Å². The van der Waals surface area contributed by atoms with Gasteiger partial charge in [0.1, 0.15) is 0 Å². The summed E-state index contributed by atoms with van der Waals surface area (Å²) in [4.78, 5) is 14.3. The lowest BCUT2D eigenvalue weighted by molar-refractivity contribution is -0.116. The van der Waals surface area contributed by atoms with Crippen LogP contribution in [0.3, 0.4) is 0 Å². The van der Waals surface area contributed by atoms with Gasteiger partial charge in [0.15, 0.2) is 0 Å². The first kappa shape index (κ1) is 8.63. The Labute approximate surface area is 81.9 Å². The van der Waals surface area contributed by atoms with Crippen molar-refractivity contribution in [1.82, 2.24) is 0 Å². The molecule has 2 rings (SSSR count). The molecule has 0 unspecified atom stereocenters. The van der Waals surface area contributed by atoms with Crippen molar-refractivity contribution in [1.29, 1.82) is 0 Å². The highest BCUT2D eigenvalue weighted by Gasteiger charge is 2.20. The third-order valence-electron chi connectivity index (χ3n) is 2.20. The van der Waals surface area contributed by atoms with Gasteiger partial charge in [0, 0.05) is 11.9 Å². The van der Waals surface area contributed by atoms with E-state index >= 15 is 0 Å². The minimum absolute atomic E-state index is 0.182. The van der Waals surface area contributed by atoms with Gasteiger partial charge in [-0.15, -0.1) is 11.8 Å². The van der Waals surface area contributed by atoms with E-state index in [1.165, 1.54) is 10.5 Å². The first-order valence-corrected chi connectivity index (χ1v) is 5.17. The van der Waals surface area contributed by atoms with Gasteiger partial charge in [-0.1, -0.05) is 6.07 Å². The molecule has 0 saturated carbocycles. The summed E-state index contributed by atoms with van der Waals surface area (Å²) in [5, 5.41) is 0. The molecule has 0 aliphatic carbocycles. The van der Waals surface area contributed by atoms with E-state index in [0.29, 0.717) is 5.75 Å². The molecular weight excluding hydrogens is 182 g/mol. The number of rotatable bonds is 0. The third kappa shape index (κ3) is 1.44. The maximum absolute atomic E-state index is 11.3. The number of amides is 1. The van der Waals surface area contributed by atoms with Crippen molar-refractivity contribution in [3.05, 3.63) is 23.8 Å². The molecule has 3 heteroatoms. The van der Waals surface area contributed by atoms with Gasteiger partial charge < -0.3 is 4.90 Å². The Hall–Kier alpha value is -0.960. The number of aryl methyl sites for hydroxylation is 1. The zero-order valence-corrected chi connectivity index (χ0v) is 8.52. The fourth-order valence-electron chi connectivity index (χ4n) is 1.38. The summed E-state index contributed by atoms with van der Waals surface area (Å²) < 4.78 is 0. The third-order valence-corrected chi connectivity index (χ3v) is 3.23. The van der Waals surface area contributed by atoms with Crippen molar-refractivity contribution in [3.63, 3.8) is 0 Å². The van der Waals surface area contributed by atoms with E-state index in [2.05, 4.69) is 13.0 Å². The fraction of sp³-hybridized carbons (Fsp3) is 0.300. The Morgan fingerprint density at radius 3 is 3.00 bits per heavy atom. The van der Waals surface area contributed by atoms with Gasteiger partial charge in [0.2, 0.25) is 5.91 Å². The van der Waals surface area contributed by atoms with Crippen LogP contribution in [0, 0.1) is 6.92 Å². The summed E-state index contributed by atoms with van der Waals surface area (Å²) >= 11 is 1.62. The predicted octanol–water partition coefficient (Wildman–Crippen LogP) is 2.06. The van der Waals surface area contributed by atoms with Gasteiger partial charge in [-0.25, -0.2) is 0 Å². The van der Waals surface area contributed by atoms with Gasteiger partial charge >= 0.3 is 0 Å². The molecular formula is C10H11NOS. The molecule has 1 aromatic rings. The van der Waals surface area contributed by atoms with Crippen LogP contribution in [0.5, 0.6) is 0 Å². The Kier molecular flexibility index (Phi) is 2.04. The first-order chi connectivity index (χ1) is 6.18. The molecule has 1 amide bonds. The highest BCUT2D eigenvalue weighted by molar-refractivity contribution is 8.00. The monoisotopic (exact) mass is 193 g/mol. The second kappa shape index (κ2) is 3.07. The first-order valence-electron chi connectivity index (χ1n) is 4.18. The second-order valence-corrected chi connectivity index (χ2v) is 4.23. The molecule has 0 bridgehead atoms. The van der Waals surface area contributed by atoms with E-state index in [1.807, 2.05) is 19.2 Å². The maximum atomic E-state index is 11.3. The molecule has 0 N–H and O–H groups in total. The molecule has 1 aliphatic heterocycles. The van der Waals surface area contributed by atoms with Crippen LogP contribution >= 0.6 is 11.8 Å². The molecule has 13 heavy (non-hydrogen) atoms. The van der Waals surface area contributed by atoms with Crippen LogP contribution in [-0.2, 0) is 4.79 Å². The number of fused-ring (bicyclic) bond motifs is 1. The molecule has 0 saturated heterocycles. The SMILES string of the molecule is Cc1ccc2c(c1)SCC(=O)N2C.